The Kier molecular flexibility index (Phi) is 4.25. The number of hydrogen-bond donors (Lipinski definition) is 0. The second-order valence-electron chi connectivity index (χ2n) is 6.59. The van der Waals surface area contributed by atoms with Crippen molar-refractivity contribution in [3.8, 4) is 23.0 Å². The first-order chi connectivity index (χ1) is 12.7. The molecular formula is C25H19N. The molecule has 0 aliphatic carbocycles. The number of pyridine rings is 1. The first kappa shape index (κ1) is 16.1. The molecule has 0 spiro atoms. The van der Waals surface area contributed by atoms with Crippen LogP contribution in [0.15, 0.2) is 78.9 Å². The number of hydrogen-bond acceptors (Lipinski definition) is 1. The molecule has 1 heteroatoms. The number of aryl methyl sites for hydroxylation is 2. The van der Waals surface area contributed by atoms with Crippen molar-refractivity contribution in [2.75, 3.05) is 0 Å². The minimum Gasteiger partial charge on any atom is -0.239 e. The van der Waals surface area contributed by atoms with E-state index in [2.05, 4.69) is 91.3 Å². The van der Waals surface area contributed by atoms with E-state index in [0.29, 0.717) is 0 Å². The standard InChI is InChI=1S/C25H19N/c1-18-3-7-20(8-4-18)9-14-24-15-12-23-17-22(13-16-25(23)26-24)21-10-5-19(2)6-11-21/h3-8,10-13,15-17H,1-2H3. The lowest BCUT2D eigenvalue weighted by atomic mass is 10.0. The van der Waals surface area contributed by atoms with Gasteiger partial charge in [-0.1, -0.05) is 59.5 Å². The molecule has 0 unspecified atom stereocenters. The molecule has 4 aromatic rings. The van der Waals surface area contributed by atoms with Gasteiger partial charge in [0.1, 0.15) is 5.69 Å². The molecule has 0 atom stereocenters. The third-order valence-electron chi connectivity index (χ3n) is 4.46. The molecule has 124 valence electrons. The number of nitrogens with zero attached hydrogens (tertiary/aromatic N) is 1. The first-order valence-corrected chi connectivity index (χ1v) is 8.74. The molecule has 0 saturated heterocycles. The van der Waals surface area contributed by atoms with Gasteiger partial charge in [0.25, 0.3) is 0 Å². The average Bonchev–Trinajstić information content (AvgIpc) is 2.67. The lowest BCUT2D eigenvalue weighted by Crippen LogP contribution is -1.86. The van der Waals surface area contributed by atoms with Crippen molar-refractivity contribution in [3.05, 3.63) is 101 Å². The van der Waals surface area contributed by atoms with Gasteiger partial charge < -0.3 is 0 Å². The van der Waals surface area contributed by atoms with E-state index in [1.165, 1.54) is 22.3 Å². The van der Waals surface area contributed by atoms with Crippen molar-refractivity contribution in [2.24, 2.45) is 0 Å². The molecule has 1 nitrogen and oxygen atoms in total. The summed E-state index contributed by atoms with van der Waals surface area (Å²) in [5, 5.41) is 1.13. The number of aromatic nitrogens is 1. The van der Waals surface area contributed by atoms with Gasteiger partial charge in [0.05, 0.1) is 5.52 Å². The van der Waals surface area contributed by atoms with Gasteiger partial charge in [-0.25, -0.2) is 4.98 Å². The zero-order valence-corrected chi connectivity index (χ0v) is 15.0. The predicted molar refractivity (Wildman–Crippen MR) is 109 cm³/mol. The Morgan fingerprint density at radius 3 is 2.00 bits per heavy atom. The minimum atomic E-state index is 0.793. The van der Waals surface area contributed by atoms with E-state index in [-0.39, 0.29) is 0 Å². The summed E-state index contributed by atoms with van der Waals surface area (Å²) in [7, 11) is 0. The zero-order valence-electron chi connectivity index (χ0n) is 15.0. The molecule has 0 bridgehead atoms. The first-order valence-electron chi connectivity index (χ1n) is 8.74. The predicted octanol–water partition coefficient (Wildman–Crippen LogP) is 5.92. The number of rotatable bonds is 1. The monoisotopic (exact) mass is 333 g/mol. The smallest absolute Gasteiger partial charge is 0.114 e. The van der Waals surface area contributed by atoms with Crippen molar-refractivity contribution in [2.45, 2.75) is 13.8 Å². The second-order valence-corrected chi connectivity index (χ2v) is 6.59. The van der Waals surface area contributed by atoms with Crippen LogP contribution in [0.25, 0.3) is 22.0 Å². The van der Waals surface area contributed by atoms with Crippen LogP contribution >= 0.6 is 0 Å². The van der Waals surface area contributed by atoms with E-state index in [1.807, 2.05) is 18.2 Å². The summed E-state index contributed by atoms with van der Waals surface area (Å²) in [6.45, 7) is 4.18. The quantitative estimate of drug-likeness (QED) is 0.394. The van der Waals surface area contributed by atoms with Crippen molar-refractivity contribution in [3.63, 3.8) is 0 Å². The molecule has 1 aromatic heterocycles. The molecular weight excluding hydrogens is 314 g/mol. The molecule has 3 aromatic carbocycles. The Morgan fingerprint density at radius 1 is 0.615 bits per heavy atom. The molecule has 26 heavy (non-hydrogen) atoms. The van der Waals surface area contributed by atoms with Gasteiger partial charge in [0.2, 0.25) is 0 Å². The normalized spacial score (nSPS) is 10.4. The highest BCUT2D eigenvalue weighted by atomic mass is 14.7. The highest BCUT2D eigenvalue weighted by Crippen LogP contribution is 2.24. The van der Waals surface area contributed by atoms with Crippen LogP contribution in [0, 0.1) is 25.7 Å². The highest BCUT2D eigenvalue weighted by molar-refractivity contribution is 5.85. The summed E-state index contributed by atoms with van der Waals surface area (Å²) >= 11 is 0. The minimum absolute atomic E-state index is 0.793. The molecule has 0 radical (unpaired) electrons. The summed E-state index contributed by atoms with van der Waals surface area (Å²) in [5.41, 5.74) is 7.71. The molecule has 0 fully saturated rings. The Balaban J connectivity index is 1.65. The van der Waals surface area contributed by atoms with Gasteiger partial charge in [-0.15, -0.1) is 0 Å². The number of fused-ring (bicyclic) bond motifs is 1. The van der Waals surface area contributed by atoms with Gasteiger partial charge in [-0.05, 0) is 67.3 Å². The van der Waals surface area contributed by atoms with Crippen LogP contribution < -0.4 is 0 Å². The summed E-state index contributed by atoms with van der Waals surface area (Å²) in [6, 6.07) is 27.3. The fourth-order valence-electron chi connectivity index (χ4n) is 2.89. The SMILES string of the molecule is Cc1ccc(C#Cc2ccc3cc(-c4ccc(C)cc4)ccc3n2)cc1. The van der Waals surface area contributed by atoms with Gasteiger partial charge in [0, 0.05) is 10.9 Å². The topological polar surface area (TPSA) is 12.9 Å². The summed E-state index contributed by atoms with van der Waals surface area (Å²) in [4.78, 5) is 4.68. The van der Waals surface area contributed by atoms with Crippen LogP contribution in [0.3, 0.4) is 0 Å². The molecule has 1 heterocycles. The van der Waals surface area contributed by atoms with E-state index in [1.54, 1.807) is 0 Å². The fourth-order valence-corrected chi connectivity index (χ4v) is 2.89. The number of benzene rings is 3. The van der Waals surface area contributed by atoms with Crippen LogP contribution in [0.1, 0.15) is 22.4 Å². The van der Waals surface area contributed by atoms with Crippen molar-refractivity contribution in [1.29, 1.82) is 0 Å². The van der Waals surface area contributed by atoms with E-state index >= 15 is 0 Å². The summed E-state index contributed by atoms with van der Waals surface area (Å²) < 4.78 is 0. The average molecular weight is 333 g/mol. The van der Waals surface area contributed by atoms with Gasteiger partial charge >= 0.3 is 0 Å². The Labute approximate surface area is 154 Å². The van der Waals surface area contributed by atoms with Crippen molar-refractivity contribution < 1.29 is 0 Å². The van der Waals surface area contributed by atoms with Gasteiger partial charge in [-0.3, -0.25) is 0 Å². The van der Waals surface area contributed by atoms with Gasteiger partial charge in [-0.2, -0.15) is 0 Å². The van der Waals surface area contributed by atoms with Gasteiger partial charge in [0.15, 0.2) is 0 Å². The van der Waals surface area contributed by atoms with E-state index in [4.69, 9.17) is 0 Å². The summed E-state index contributed by atoms with van der Waals surface area (Å²) in [5.74, 6) is 6.35. The Bertz CT molecular complexity index is 1120. The maximum atomic E-state index is 4.68. The maximum absolute atomic E-state index is 4.68. The lowest BCUT2D eigenvalue weighted by Gasteiger charge is -2.05. The molecule has 0 aliphatic heterocycles. The van der Waals surface area contributed by atoms with Crippen molar-refractivity contribution >= 4 is 10.9 Å². The van der Waals surface area contributed by atoms with Crippen molar-refractivity contribution in [1.82, 2.24) is 4.98 Å². The van der Waals surface area contributed by atoms with Crippen LogP contribution in [-0.2, 0) is 0 Å². The molecule has 0 amide bonds. The second kappa shape index (κ2) is 6.86. The van der Waals surface area contributed by atoms with Crippen LogP contribution in [0.2, 0.25) is 0 Å². The molecule has 0 N–H and O–H groups in total. The van der Waals surface area contributed by atoms with E-state index < -0.39 is 0 Å². The van der Waals surface area contributed by atoms with Crippen LogP contribution in [0.4, 0.5) is 0 Å². The third-order valence-corrected chi connectivity index (χ3v) is 4.46. The maximum Gasteiger partial charge on any atom is 0.114 e. The third kappa shape index (κ3) is 3.50. The largest absolute Gasteiger partial charge is 0.239 e. The molecule has 0 aliphatic rings. The highest BCUT2D eigenvalue weighted by Gasteiger charge is 2.01. The lowest BCUT2D eigenvalue weighted by molar-refractivity contribution is 1.36. The molecule has 0 saturated carbocycles. The van der Waals surface area contributed by atoms with E-state index in [0.717, 1.165) is 22.2 Å². The summed E-state index contributed by atoms with van der Waals surface area (Å²) in [6.07, 6.45) is 0. The molecule has 4 rings (SSSR count). The zero-order chi connectivity index (χ0) is 17.9. The van der Waals surface area contributed by atoms with Crippen LogP contribution in [-0.4, -0.2) is 4.98 Å². The Morgan fingerprint density at radius 2 is 1.27 bits per heavy atom. The Hall–Kier alpha value is -3.37. The fraction of sp³-hybridized carbons (Fsp3) is 0.0800. The van der Waals surface area contributed by atoms with E-state index in [9.17, 15) is 0 Å². The van der Waals surface area contributed by atoms with Crippen LogP contribution in [0.5, 0.6) is 0 Å².